The van der Waals surface area contributed by atoms with Crippen molar-refractivity contribution in [2.24, 2.45) is 5.92 Å². The van der Waals surface area contributed by atoms with Crippen LogP contribution in [0.3, 0.4) is 0 Å². The van der Waals surface area contributed by atoms with Gasteiger partial charge in [-0.25, -0.2) is 4.79 Å². The Hall–Kier alpha value is -3.59. The standard InChI is InChI=1S/C24H26N4O5/c1-32-16-6-7-17-18(9-16)25-23(24(31)33-2)22(17)26-20(29)13-27-10-14-8-15(12-27)19-4-3-5-21(30)28(19)11-14/h3-7,9,14-15,25H,8,10-13H2,1-2H3,(H,26,29)/t14-,15+/m1/s1. The number of piperidine rings is 1. The number of benzene rings is 1. The van der Waals surface area contributed by atoms with Crippen LogP contribution in [0.2, 0.25) is 0 Å². The summed E-state index contributed by atoms with van der Waals surface area (Å²) < 4.78 is 12.0. The summed E-state index contributed by atoms with van der Waals surface area (Å²) in [5, 5.41) is 3.62. The van der Waals surface area contributed by atoms with Crippen molar-refractivity contribution in [2.75, 3.05) is 39.2 Å². The molecule has 33 heavy (non-hydrogen) atoms. The highest BCUT2D eigenvalue weighted by Gasteiger charge is 2.35. The second kappa shape index (κ2) is 8.40. The zero-order valence-corrected chi connectivity index (χ0v) is 18.6. The molecule has 2 N–H and O–H groups in total. The van der Waals surface area contributed by atoms with Crippen LogP contribution < -0.4 is 15.6 Å². The number of carbonyl (C=O) groups is 2. The van der Waals surface area contributed by atoms with Crippen LogP contribution in [0.1, 0.15) is 28.5 Å². The van der Waals surface area contributed by atoms with Gasteiger partial charge in [0.15, 0.2) is 0 Å². The van der Waals surface area contributed by atoms with Crippen LogP contribution in [-0.2, 0) is 16.1 Å². The van der Waals surface area contributed by atoms with Gasteiger partial charge in [0, 0.05) is 48.8 Å². The first-order valence-electron chi connectivity index (χ1n) is 11.0. The van der Waals surface area contributed by atoms with E-state index in [2.05, 4.69) is 15.2 Å². The van der Waals surface area contributed by atoms with Crippen LogP contribution in [0.25, 0.3) is 10.9 Å². The predicted molar refractivity (Wildman–Crippen MR) is 123 cm³/mol. The molecular formula is C24H26N4O5. The molecule has 2 aliphatic heterocycles. The molecule has 2 bridgehead atoms. The minimum atomic E-state index is -0.560. The minimum Gasteiger partial charge on any atom is -0.497 e. The number of amides is 1. The average molecular weight is 450 g/mol. The lowest BCUT2D eigenvalue weighted by Crippen LogP contribution is -2.49. The second-order valence-corrected chi connectivity index (χ2v) is 8.72. The number of anilines is 1. The number of pyridine rings is 1. The van der Waals surface area contributed by atoms with E-state index < -0.39 is 5.97 Å². The van der Waals surface area contributed by atoms with Crippen molar-refractivity contribution < 1.29 is 19.1 Å². The van der Waals surface area contributed by atoms with Crippen LogP contribution in [0.5, 0.6) is 5.75 Å². The van der Waals surface area contributed by atoms with Crippen molar-refractivity contribution in [3.8, 4) is 5.75 Å². The third kappa shape index (κ3) is 3.89. The fraction of sp³-hybridized carbons (Fsp3) is 0.375. The molecule has 9 heteroatoms. The van der Waals surface area contributed by atoms with Gasteiger partial charge in [-0.1, -0.05) is 6.07 Å². The summed E-state index contributed by atoms with van der Waals surface area (Å²) in [4.78, 5) is 42.8. The normalized spacial score (nSPS) is 19.7. The summed E-state index contributed by atoms with van der Waals surface area (Å²) in [7, 11) is 2.87. The lowest BCUT2D eigenvalue weighted by Gasteiger charge is -2.42. The third-order valence-corrected chi connectivity index (χ3v) is 6.58. The van der Waals surface area contributed by atoms with Crippen LogP contribution in [0.4, 0.5) is 5.69 Å². The van der Waals surface area contributed by atoms with E-state index in [1.807, 2.05) is 10.6 Å². The molecule has 2 aliphatic rings. The number of H-pyrrole nitrogens is 1. The molecule has 3 aromatic rings. The first-order valence-corrected chi connectivity index (χ1v) is 11.0. The van der Waals surface area contributed by atoms with Crippen molar-refractivity contribution in [3.63, 3.8) is 0 Å². The van der Waals surface area contributed by atoms with E-state index in [-0.39, 0.29) is 29.6 Å². The Labute approximate surface area is 190 Å². The van der Waals surface area contributed by atoms with E-state index in [0.29, 0.717) is 41.3 Å². The van der Waals surface area contributed by atoms with Gasteiger partial charge in [0.25, 0.3) is 5.56 Å². The Bertz CT molecular complexity index is 1290. The van der Waals surface area contributed by atoms with Crippen LogP contribution >= 0.6 is 0 Å². The monoisotopic (exact) mass is 450 g/mol. The number of carbonyl (C=O) groups excluding carboxylic acids is 2. The van der Waals surface area contributed by atoms with Crippen molar-refractivity contribution in [2.45, 2.75) is 18.9 Å². The maximum atomic E-state index is 13.0. The number of nitrogens with zero attached hydrogens (tertiary/aromatic N) is 2. The molecule has 1 aromatic carbocycles. The van der Waals surface area contributed by atoms with Crippen LogP contribution in [-0.4, -0.2) is 60.2 Å². The summed E-state index contributed by atoms with van der Waals surface area (Å²) in [6, 6.07) is 10.8. The quantitative estimate of drug-likeness (QED) is 0.578. The van der Waals surface area contributed by atoms with Gasteiger partial charge in [-0.05, 0) is 30.5 Å². The molecule has 1 fully saturated rings. The second-order valence-electron chi connectivity index (χ2n) is 8.72. The number of hydrogen-bond donors (Lipinski definition) is 2. The van der Waals surface area contributed by atoms with Gasteiger partial charge in [-0.15, -0.1) is 0 Å². The van der Waals surface area contributed by atoms with Crippen molar-refractivity contribution >= 4 is 28.5 Å². The first-order chi connectivity index (χ1) is 16.0. The highest BCUT2D eigenvalue weighted by atomic mass is 16.5. The fourth-order valence-corrected chi connectivity index (χ4v) is 5.20. The van der Waals surface area contributed by atoms with Crippen LogP contribution in [0, 0.1) is 5.92 Å². The van der Waals surface area contributed by atoms with Gasteiger partial charge in [-0.3, -0.25) is 14.5 Å². The number of esters is 1. The molecule has 172 valence electrons. The van der Waals surface area contributed by atoms with E-state index in [1.165, 1.54) is 7.11 Å². The van der Waals surface area contributed by atoms with E-state index in [0.717, 1.165) is 18.7 Å². The third-order valence-electron chi connectivity index (χ3n) is 6.58. The molecule has 0 aliphatic carbocycles. The number of likely N-dealkylation sites (tertiary alicyclic amines) is 1. The Balaban J connectivity index is 1.36. The number of aromatic amines is 1. The number of nitrogens with one attached hydrogen (secondary N) is 2. The lowest BCUT2D eigenvalue weighted by molar-refractivity contribution is -0.117. The zero-order chi connectivity index (χ0) is 23.1. The summed E-state index contributed by atoms with van der Waals surface area (Å²) in [6.45, 7) is 2.34. The molecule has 2 atom stereocenters. The molecule has 1 saturated heterocycles. The molecule has 2 aromatic heterocycles. The number of rotatable bonds is 5. The molecule has 9 nitrogen and oxygen atoms in total. The zero-order valence-electron chi connectivity index (χ0n) is 18.6. The first kappa shape index (κ1) is 21.3. The molecule has 0 radical (unpaired) electrons. The number of ether oxygens (including phenoxy) is 2. The number of fused-ring (bicyclic) bond motifs is 5. The molecule has 0 spiro atoms. The minimum absolute atomic E-state index is 0.0414. The molecule has 0 unspecified atom stereocenters. The largest absolute Gasteiger partial charge is 0.497 e. The highest BCUT2D eigenvalue weighted by Crippen LogP contribution is 2.35. The molecular weight excluding hydrogens is 424 g/mol. The highest BCUT2D eigenvalue weighted by molar-refractivity contribution is 6.11. The summed E-state index contributed by atoms with van der Waals surface area (Å²) in [5.74, 6) is 0.426. The summed E-state index contributed by atoms with van der Waals surface area (Å²) >= 11 is 0. The Morgan fingerprint density at radius 2 is 2.00 bits per heavy atom. The summed E-state index contributed by atoms with van der Waals surface area (Å²) in [5.41, 5.74) is 2.35. The number of aromatic nitrogens is 2. The predicted octanol–water partition coefficient (Wildman–Crippen LogP) is 2.18. The molecule has 5 rings (SSSR count). The topological polar surface area (TPSA) is 106 Å². The SMILES string of the molecule is COC(=O)c1[nH]c2cc(OC)ccc2c1NC(=O)CN1C[C@H]2C[C@@H](C1)c1cccc(=O)n1C2. The fourth-order valence-electron chi connectivity index (χ4n) is 5.20. The Morgan fingerprint density at radius 3 is 2.79 bits per heavy atom. The van der Waals surface area contributed by atoms with E-state index in [9.17, 15) is 14.4 Å². The van der Waals surface area contributed by atoms with Crippen molar-refractivity contribution in [1.82, 2.24) is 14.5 Å². The van der Waals surface area contributed by atoms with Crippen molar-refractivity contribution in [1.29, 1.82) is 0 Å². The molecule has 1 amide bonds. The van der Waals surface area contributed by atoms with E-state index in [1.54, 1.807) is 37.4 Å². The van der Waals surface area contributed by atoms with Gasteiger partial charge >= 0.3 is 5.97 Å². The van der Waals surface area contributed by atoms with Gasteiger partial charge in [-0.2, -0.15) is 0 Å². The van der Waals surface area contributed by atoms with Crippen molar-refractivity contribution in [3.05, 3.63) is 58.1 Å². The maximum Gasteiger partial charge on any atom is 0.356 e. The smallest absolute Gasteiger partial charge is 0.356 e. The maximum absolute atomic E-state index is 13.0. The van der Waals surface area contributed by atoms with E-state index in [4.69, 9.17) is 9.47 Å². The van der Waals surface area contributed by atoms with Gasteiger partial charge < -0.3 is 24.3 Å². The van der Waals surface area contributed by atoms with E-state index >= 15 is 0 Å². The lowest BCUT2D eigenvalue weighted by atomic mass is 9.83. The summed E-state index contributed by atoms with van der Waals surface area (Å²) in [6.07, 6.45) is 1.03. The molecule has 4 heterocycles. The number of hydrogen-bond acceptors (Lipinski definition) is 6. The molecule has 0 saturated carbocycles. The Morgan fingerprint density at radius 1 is 1.15 bits per heavy atom. The van der Waals surface area contributed by atoms with Crippen LogP contribution in [0.15, 0.2) is 41.2 Å². The average Bonchev–Trinajstić information content (AvgIpc) is 3.16. The van der Waals surface area contributed by atoms with Gasteiger partial charge in [0.2, 0.25) is 5.91 Å². The number of methoxy groups -OCH3 is 2. The van der Waals surface area contributed by atoms with Gasteiger partial charge in [0.1, 0.15) is 11.4 Å². The Kier molecular flexibility index (Phi) is 5.41. The van der Waals surface area contributed by atoms with Gasteiger partial charge in [0.05, 0.1) is 32.0 Å².